The van der Waals surface area contributed by atoms with Gasteiger partial charge in [-0.05, 0) is 48.5 Å². The topological polar surface area (TPSA) is 64.9 Å². The van der Waals surface area contributed by atoms with Crippen molar-refractivity contribution in [1.29, 1.82) is 0 Å². The summed E-state index contributed by atoms with van der Waals surface area (Å²) in [5.41, 5.74) is 2.18. The highest BCUT2D eigenvalue weighted by Crippen LogP contribution is 2.16. The molecule has 0 bridgehead atoms. The fourth-order valence-electron chi connectivity index (χ4n) is 2.91. The van der Waals surface area contributed by atoms with Crippen LogP contribution >= 0.6 is 0 Å². The van der Waals surface area contributed by atoms with Crippen molar-refractivity contribution in [1.82, 2.24) is 14.7 Å². The molecule has 1 N–H and O–H groups in total. The molecule has 0 aliphatic carbocycles. The van der Waals surface area contributed by atoms with Gasteiger partial charge in [-0.1, -0.05) is 18.2 Å². The number of para-hydroxylation sites is 1. The van der Waals surface area contributed by atoms with E-state index in [1.807, 2.05) is 35.0 Å². The SMILES string of the molecule is O=C(NCCOc1ccccc1F)c1ccc(OCc2cn3ccccc3n2)cc1. The maximum absolute atomic E-state index is 13.5. The van der Waals surface area contributed by atoms with Gasteiger partial charge >= 0.3 is 0 Å². The van der Waals surface area contributed by atoms with Crippen LogP contribution in [-0.2, 0) is 6.61 Å². The predicted molar refractivity (Wildman–Crippen MR) is 110 cm³/mol. The number of carbonyl (C=O) groups is 1. The third-order valence-corrected chi connectivity index (χ3v) is 4.40. The molecule has 0 aliphatic heterocycles. The minimum atomic E-state index is -0.428. The minimum Gasteiger partial charge on any atom is -0.489 e. The van der Waals surface area contributed by atoms with E-state index in [0.717, 1.165) is 11.3 Å². The van der Waals surface area contributed by atoms with Crippen LogP contribution < -0.4 is 14.8 Å². The van der Waals surface area contributed by atoms with Crippen LogP contribution in [0.25, 0.3) is 5.65 Å². The van der Waals surface area contributed by atoms with Crippen LogP contribution in [0, 0.1) is 5.82 Å². The lowest BCUT2D eigenvalue weighted by Gasteiger charge is -2.09. The second-order valence-electron chi connectivity index (χ2n) is 6.55. The Labute approximate surface area is 172 Å². The first kappa shape index (κ1) is 19.4. The van der Waals surface area contributed by atoms with Crippen LogP contribution in [0.4, 0.5) is 4.39 Å². The van der Waals surface area contributed by atoms with E-state index in [1.54, 1.807) is 42.5 Å². The normalized spacial score (nSPS) is 10.7. The highest BCUT2D eigenvalue weighted by molar-refractivity contribution is 5.94. The molecule has 0 spiro atoms. The number of amides is 1. The van der Waals surface area contributed by atoms with Crippen molar-refractivity contribution >= 4 is 11.6 Å². The third-order valence-electron chi connectivity index (χ3n) is 4.40. The molecule has 2 aromatic heterocycles. The Morgan fingerprint density at radius 2 is 1.80 bits per heavy atom. The zero-order chi connectivity index (χ0) is 20.8. The Kier molecular flexibility index (Phi) is 5.89. The highest BCUT2D eigenvalue weighted by atomic mass is 19.1. The van der Waals surface area contributed by atoms with Crippen LogP contribution in [0.1, 0.15) is 16.1 Å². The van der Waals surface area contributed by atoms with Gasteiger partial charge in [0.15, 0.2) is 11.6 Å². The fourth-order valence-corrected chi connectivity index (χ4v) is 2.91. The second kappa shape index (κ2) is 9.09. The zero-order valence-corrected chi connectivity index (χ0v) is 16.1. The Morgan fingerprint density at radius 3 is 2.60 bits per heavy atom. The van der Waals surface area contributed by atoms with E-state index in [0.29, 0.717) is 17.9 Å². The van der Waals surface area contributed by atoms with E-state index in [-0.39, 0.29) is 24.8 Å². The summed E-state index contributed by atoms with van der Waals surface area (Å²) in [5, 5.41) is 2.74. The molecular weight excluding hydrogens is 385 g/mol. The number of fused-ring (bicyclic) bond motifs is 1. The third kappa shape index (κ3) is 4.75. The number of nitrogens with one attached hydrogen (secondary N) is 1. The van der Waals surface area contributed by atoms with E-state index < -0.39 is 5.82 Å². The molecule has 0 saturated heterocycles. The standard InChI is InChI=1S/C23H20FN3O3/c24-20-5-1-2-6-21(20)29-14-12-25-23(28)17-8-10-19(11-9-17)30-16-18-15-27-13-4-3-7-22(27)26-18/h1-11,13,15H,12,14,16H2,(H,25,28). The zero-order valence-electron chi connectivity index (χ0n) is 16.1. The first-order chi connectivity index (χ1) is 14.7. The van der Waals surface area contributed by atoms with Crippen LogP contribution in [0.15, 0.2) is 79.1 Å². The lowest BCUT2D eigenvalue weighted by molar-refractivity contribution is 0.0946. The summed E-state index contributed by atoms with van der Waals surface area (Å²) >= 11 is 0. The molecule has 0 saturated carbocycles. The van der Waals surface area contributed by atoms with Gasteiger partial charge in [0.1, 0.15) is 24.6 Å². The molecule has 0 aliphatic rings. The van der Waals surface area contributed by atoms with E-state index in [2.05, 4.69) is 10.3 Å². The van der Waals surface area contributed by atoms with Gasteiger partial charge in [0.2, 0.25) is 0 Å². The van der Waals surface area contributed by atoms with Gasteiger partial charge < -0.3 is 19.2 Å². The van der Waals surface area contributed by atoms with Crippen LogP contribution in [0.3, 0.4) is 0 Å². The van der Waals surface area contributed by atoms with Crippen molar-refractivity contribution in [3.63, 3.8) is 0 Å². The summed E-state index contributed by atoms with van der Waals surface area (Å²) in [6, 6.07) is 18.8. The Morgan fingerprint density at radius 1 is 1.00 bits per heavy atom. The largest absolute Gasteiger partial charge is 0.489 e. The fraction of sp³-hybridized carbons (Fsp3) is 0.130. The molecule has 4 aromatic rings. The quantitative estimate of drug-likeness (QED) is 0.452. The Hall–Kier alpha value is -3.87. The van der Waals surface area contributed by atoms with Crippen molar-refractivity contribution in [2.24, 2.45) is 0 Å². The number of hydrogen-bond donors (Lipinski definition) is 1. The van der Waals surface area contributed by atoms with Gasteiger partial charge in [0, 0.05) is 18.0 Å². The Balaban J connectivity index is 1.24. The van der Waals surface area contributed by atoms with Gasteiger partial charge in [-0.2, -0.15) is 0 Å². The van der Waals surface area contributed by atoms with E-state index >= 15 is 0 Å². The van der Waals surface area contributed by atoms with E-state index in [4.69, 9.17) is 9.47 Å². The average molecular weight is 405 g/mol. The highest BCUT2D eigenvalue weighted by Gasteiger charge is 2.07. The van der Waals surface area contributed by atoms with Gasteiger partial charge in [-0.15, -0.1) is 0 Å². The lowest BCUT2D eigenvalue weighted by Crippen LogP contribution is -2.28. The average Bonchev–Trinajstić information content (AvgIpc) is 3.20. The van der Waals surface area contributed by atoms with Crippen molar-refractivity contribution < 1.29 is 18.7 Å². The van der Waals surface area contributed by atoms with Gasteiger partial charge in [-0.25, -0.2) is 9.37 Å². The monoisotopic (exact) mass is 405 g/mol. The maximum atomic E-state index is 13.5. The number of hydrogen-bond acceptors (Lipinski definition) is 4. The molecule has 6 nitrogen and oxygen atoms in total. The number of nitrogens with zero attached hydrogens (tertiary/aromatic N) is 2. The van der Waals surface area contributed by atoms with Crippen LogP contribution in [0.5, 0.6) is 11.5 Å². The molecule has 30 heavy (non-hydrogen) atoms. The van der Waals surface area contributed by atoms with Crippen molar-refractivity contribution in [3.05, 3.63) is 96.2 Å². The number of ether oxygens (including phenoxy) is 2. The summed E-state index contributed by atoms with van der Waals surface area (Å²) < 4.78 is 26.5. The molecule has 7 heteroatoms. The minimum absolute atomic E-state index is 0.166. The molecule has 2 aromatic carbocycles. The smallest absolute Gasteiger partial charge is 0.251 e. The van der Waals surface area contributed by atoms with Gasteiger partial charge in [0.05, 0.1) is 12.2 Å². The molecule has 152 valence electrons. The summed E-state index contributed by atoms with van der Waals surface area (Å²) in [4.78, 5) is 16.7. The number of pyridine rings is 1. The number of imidazole rings is 1. The number of carbonyl (C=O) groups excluding carboxylic acids is 1. The second-order valence-corrected chi connectivity index (χ2v) is 6.55. The first-order valence-corrected chi connectivity index (χ1v) is 9.50. The molecule has 0 radical (unpaired) electrons. The Bertz CT molecular complexity index is 1110. The van der Waals surface area contributed by atoms with Gasteiger partial charge in [-0.3, -0.25) is 4.79 Å². The number of aromatic nitrogens is 2. The lowest BCUT2D eigenvalue weighted by atomic mass is 10.2. The first-order valence-electron chi connectivity index (χ1n) is 9.50. The molecule has 2 heterocycles. The maximum Gasteiger partial charge on any atom is 0.251 e. The molecule has 0 fully saturated rings. The number of benzene rings is 2. The predicted octanol–water partition coefficient (Wildman–Crippen LogP) is 3.86. The van der Waals surface area contributed by atoms with E-state index in [1.165, 1.54) is 6.07 Å². The summed E-state index contributed by atoms with van der Waals surface area (Å²) in [5.74, 6) is 0.146. The summed E-state index contributed by atoms with van der Waals surface area (Å²) in [6.45, 7) is 0.771. The van der Waals surface area contributed by atoms with Crippen LogP contribution in [-0.4, -0.2) is 28.4 Å². The van der Waals surface area contributed by atoms with Crippen molar-refractivity contribution in [3.8, 4) is 11.5 Å². The van der Waals surface area contributed by atoms with E-state index in [9.17, 15) is 9.18 Å². The summed E-state index contributed by atoms with van der Waals surface area (Å²) in [6.07, 6.45) is 3.85. The van der Waals surface area contributed by atoms with Gasteiger partial charge in [0.25, 0.3) is 5.91 Å². The molecule has 0 atom stereocenters. The van der Waals surface area contributed by atoms with Crippen molar-refractivity contribution in [2.45, 2.75) is 6.61 Å². The van der Waals surface area contributed by atoms with Crippen LogP contribution in [0.2, 0.25) is 0 Å². The number of halogens is 1. The number of rotatable bonds is 8. The van der Waals surface area contributed by atoms with Crippen molar-refractivity contribution in [2.75, 3.05) is 13.2 Å². The molecular formula is C23H20FN3O3. The molecule has 1 amide bonds. The molecule has 0 unspecified atom stereocenters. The summed E-state index contributed by atoms with van der Waals surface area (Å²) in [7, 11) is 0. The molecule has 4 rings (SSSR count).